The lowest BCUT2D eigenvalue weighted by Gasteiger charge is -2.17. The fraction of sp³-hybridized carbons (Fsp3) is 0.250. The summed E-state index contributed by atoms with van der Waals surface area (Å²) < 4.78 is 0. The number of ketones is 1. The number of rotatable bonds is 7. The maximum Gasteiger partial charge on any atom is 0.156 e. The third-order valence-corrected chi connectivity index (χ3v) is 5.55. The van der Waals surface area contributed by atoms with E-state index in [1.165, 1.54) is 39.0 Å². The van der Waals surface area contributed by atoms with Crippen molar-refractivity contribution in [3.63, 3.8) is 0 Å². The molecule has 0 radical (unpaired) electrons. The van der Waals surface area contributed by atoms with E-state index in [1.807, 2.05) is 0 Å². The lowest BCUT2D eigenvalue weighted by atomic mass is 9.87. The molecule has 0 aliphatic carbocycles. The second-order valence-corrected chi connectivity index (χ2v) is 7.98. The van der Waals surface area contributed by atoms with Gasteiger partial charge in [-0.05, 0) is 68.4 Å². The van der Waals surface area contributed by atoms with Crippen LogP contribution in [0, 0.1) is 20.8 Å². The van der Waals surface area contributed by atoms with Gasteiger partial charge in [-0.3, -0.25) is 4.79 Å². The Morgan fingerprint density at radius 3 is 1.83 bits per heavy atom. The molecule has 0 atom stereocenters. The van der Waals surface area contributed by atoms with Gasteiger partial charge in [0.2, 0.25) is 0 Å². The minimum atomic E-state index is 0.160. The quantitative estimate of drug-likeness (QED) is 0.409. The first-order valence-corrected chi connectivity index (χ1v) is 10.3. The molecule has 0 saturated heterocycles. The highest BCUT2D eigenvalue weighted by atomic mass is 16.1. The fourth-order valence-electron chi connectivity index (χ4n) is 3.74. The van der Waals surface area contributed by atoms with E-state index in [-0.39, 0.29) is 5.78 Å². The topological polar surface area (TPSA) is 17.1 Å². The monoisotopic (exact) mass is 382 g/mol. The van der Waals surface area contributed by atoms with E-state index >= 15 is 0 Å². The molecule has 3 rings (SSSR count). The zero-order valence-corrected chi connectivity index (χ0v) is 18.0. The molecule has 0 unspecified atom stereocenters. The molecule has 1 nitrogen and oxygen atoms in total. The molecule has 0 amide bonds. The van der Waals surface area contributed by atoms with E-state index in [0.717, 1.165) is 18.4 Å². The van der Waals surface area contributed by atoms with E-state index in [2.05, 4.69) is 93.6 Å². The summed E-state index contributed by atoms with van der Waals surface area (Å²) in [6, 6.07) is 25.6. The molecule has 0 spiro atoms. The smallest absolute Gasteiger partial charge is 0.156 e. The molecule has 0 aliphatic heterocycles. The summed E-state index contributed by atoms with van der Waals surface area (Å²) in [6.45, 7) is 8.03. The van der Waals surface area contributed by atoms with Crippen molar-refractivity contribution < 1.29 is 4.79 Å². The second-order valence-electron chi connectivity index (χ2n) is 7.98. The highest BCUT2D eigenvalue weighted by Crippen LogP contribution is 2.29. The average Bonchev–Trinajstić information content (AvgIpc) is 2.71. The molecule has 0 N–H and O–H groups in total. The van der Waals surface area contributed by atoms with Crippen molar-refractivity contribution >= 4 is 11.4 Å². The summed E-state index contributed by atoms with van der Waals surface area (Å²) in [5, 5.41) is 0. The van der Waals surface area contributed by atoms with E-state index in [0.29, 0.717) is 6.42 Å². The van der Waals surface area contributed by atoms with Crippen LogP contribution in [0.5, 0.6) is 0 Å². The molecule has 148 valence electrons. The van der Waals surface area contributed by atoms with E-state index < -0.39 is 0 Å². The Balaban J connectivity index is 2.01. The van der Waals surface area contributed by atoms with Gasteiger partial charge < -0.3 is 0 Å². The first-order valence-electron chi connectivity index (χ1n) is 10.3. The predicted octanol–water partition coefficient (Wildman–Crippen LogP) is 6.83. The number of hydrogen-bond donors (Lipinski definition) is 0. The summed E-state index contributed by atoms with van der Waals surface area (Å²) in [7, 11) is 0. The van der Waals surface area contributed by atoms with Gasteiger partial charge in [0, 0.05) is 12.0 Å². The minimum absolute atomic E-state index is 0.160. The number of carbonyl (C=O) groups is 1. The zero-order chi connectivity index (χ0) is 20.8. The maximum atomic E-state index is 12.7. The molecule has 0 bridgehead atoms. The largest absolute Gasteiger partial charge is 0.295 e. The van der Waals surface area contributed by atoms with Crippen LogP contribution in [0.3, 0.4) is 0 Å². The number of aryl methyl sites for hydroxylation is 4. The van der Waals surface area contributed by atoms with Crippen molar-refractivity contribution in [3.05, 3.63) is 112 Å². The Kier molecular flexibility index (Phi) is 6.82. The van der Waals surface area contributed by atoms with Gasteiger partial charge in [-0.25, -0.2) is 0 Å². The van der Waals surface area contributed by atoms with Gasteiger partial charge in [-0.2, -0.15) is 0 Å². The average molecular weight is 383 g/mol. The van der Waals surface area contributed by atoms with Gasteiger partial charge in [0.05, 0.1) is 0 Å². The standard InChI is InChI=1S/C28H30O/c1-20-9-13-24(14-10-20)17-18-27(26-8-6-5-7-22(26)3)28(23(4)29)19-25-15-11-21(2)12-16-25/h5-16H,17-19H2,1-4H3/b28-27-. The first kappa shape index (κ1) is 20.8. The van der Waals surface area contributed by atoms with Crippen molar-refractivity contribution in [2.24, 2.45) is 0 Å². The van der Waals surface area contributed by atoms with Crippen molar-refractivity contribution in [1.82, 2.24) is 0 Å². The summed E-state index contributed by atoms with van der Waals surface area (Å²) >= 11 is 0. The van der Waals surface area contributed by atoms with Gasteiger partial charge in [-0.1, -0.05) is 83.9 Å². The number of allylic oxidation sites excluding steroid dienone is 2. The van der Waals surface area contributed by atoms with Crippen LogP contribution in [-0.4, -0.2) is 5.78 Å². The van der Waals surface area contributed by atoms with E-state index in [4.69, 9.17) is 0 Å². The Morgan fingerprint density at radius 2 is 1.28 bits per heavy atom. The predicted molar refractivity (Wildman–Crippen MR) is 123 cm³/mol. The van der Waals surface area contributed by atoms with Gasteiger partial charge in [-0.15, -0.1) is 0 Å². The van der Waals surface area contributed by atoms with Crippen LogP contribution in [0.25, 0.3) is 5.57 Å². The highest BCUT2D eigenvalue weighted by molar-refractivity contribution is 6.01. The summed E-state index contributed by atoms with van der Waals surface area (Å²) in [5.41, 5.74) is 9.51. The van der Waals surface area contributed by atoms with Crippen molar-refractivity contribution in [3.8, 4) is 0 Å². The first-order chi connectivity index (χ1) is 13.9. The van der Waals surface area contributed by atoms with E-state index in [9.17, 15) is 4.79 Å². The molecule has 3 aromatic rings. The number of Topliss-reactive ketones (excluding diaryl/α,β-unsaturated/α-hetero) is 1. The Hall–Kier alpha value is -2.93. The summed E-state index contributed by atoms with van der Waals surface area (Å²) in [5.74, 6) is 0.160. The summed E-state index contributed by atoms with van der Waals surface area (Å²) in [4.78, 5) is 12.7. The zero-order valence-electron chi connectivity index (χ0n) is 18.0. The van der Waals surface area contributed by atoms with Gasteiger partial charge in [0.15, 0.2) is 5.78 Å². The SMILES string of the molecule is CC(=O)/C(Cc1ccc(C)cc1)=C(/CCc1ccc(C)cc1)c1ccccc1C. The highest BCUT2D eigenvalue weighted by Gasteiger charge is 2.16. The van der Waals surface area contributed by atoms with E-state index in [1.54, 1.807) is 6.92 Å². The van der Waals surface area contributed by atoms with Crippen LogP contribution < -0.4 is 0 Å². The van der Waals surface area contributed by atoms with Crippen LogP contribution in [0.1, 0.15) is 46.7 Å². The third-order valence-electron chi connectivity index (χ3n) is 5.55. The van der Waals surface area contributed by atoms with Crippen LogP contribution in [-0.2, 0) is 17.6 Å². The number of benzene rings is 3. The lowest BCUT2D eigenvalue weighted by molar-refractivity contribution is -0.113. The van der Waals surface area contributed by atoms with Gasteiger partial charge >= 0.3 is 0 Å². The molecule has 1 heteroatoms. The Labute approximate surface area is 175 Å². The van der Waals surface area contributed by atoms with Crippen molar-refractivity contribution in [2.75, 3.05) is 0 Å². The number of carbonyl (C=O) groups excluding carboxylic acids is 1. The van der Waals surface area contributed by atoms with Crippen molar-refractivity contribution in [1.29, 1.82) is 0 Å². The molecule has 0 saturated carbocycles. The second kappa shape index (κ2) is 9.52. The Morgan fingerprint density at radius 1 is 0.724 bits per heavy atom. The van der Waals surface area contributed by atoms with Crippen LogP contribution in [0.2, 0.25) is 0 Å². The molecule has 0 fully saturated rings. The van der Waals surface area contributed by atoms with Gasteiger partial charge in [0.25, 0.3) is 0 Å². The number of hydrogen-bond acceptors (Lipinski definition) is 1. The molecule has 0 aliphatic rings. The molecular formula is C28H30O. The van der Waals surface area contributed by atoms with Gasteiger partial charge in [0.1, 0.15) is 0 Å². The Bertz CT molecular complexity index is 1000. The maximum absolute atomic E-state index is 12.7. The molecule has 3 aromatic carbocycles. The lowest BCUT2D eigenvalue weighted by Crippen LogP contribution is -2.07. The third kappa shape index (κ3) is 5.54. The minimum Gasteiger partial charge on any atom is -0.295 e. The van der Waals surface area contributed by atoms with Crippen LogP contribution >= 0.6 is 0 Å². The molecular weight excluding hydrogens is 352 g/mol. The van der Waals surface area contributed by atoms with Crippen molar-refractivity contribution in [2.45, 2.75) is 47.0 Å². The molecule has 29 heavy (non-hydrogen) atoms. The summed E-state index contributed by atoms with van der Waals surface area (Å²) in [6.07, 6.45) is 2.45. The normalized spacial score (nSPS) is 11.9. The fourth-order valence-corrected chi connectivity index (χ4v) is 3.74. The molecule has 0 heterocycles. The van der Waals surface area contributed by atoms with Crippen LogP contribution in [0.15, 0.2) is 78.4 Å². The van der Waals surface area contributed by atoms with Crippen LogP contribution in [0.4, 0.5) is 0 Å². The molecule has 0 aromatic heterocycles.